The predicted octanol–water partition coefficient (Wildman–Crippen LogP) is 1.45. The quantitative estimate of drug-likeness (QED) is 0.836. The number of amides is 1. The number of carbonyl (C=O) groups is 1. The lowest BCUT2D eigenvalue weighted by molar-refractivity contribution is -0.119. The fourth-order valence-electron chi connectivity index (χ4n) is 1.66. The maximum Gasteiger partial charge on any atom is 0.239 e. The van der Waals surface area contributed by atoms with Gasteiger partial charge in [-0.25, -0.2) is 4.39 Å². The van der Waals surface area contributed by atoms with E-state index in [9.17, 15) is 14.3 Å². The molecule has 0 heterocycles. The molecule has 0 radical (unpaired) electrons. The molecule has 1 atom stereocenters. The van der Waals surface area contributed by atoms with E-state index in [4.69, 9.17) is 0 Å². The van der Waals surface area contributed by atoms with E-state index in [1.54, 1.807) is 31.0 Å². The van der Waals surface area contributed by atoms with Crippen LogP contribution in [0.4, 0.5) is 10.1 Å². The summed E-state index contributed by atoms with van der Waals surface area (Å²) in [6, 6.07) is 4.55. The third kappa shape index (κ3) is 3.43. The fraction of sp³-hybridized carbons (Fsp3) is 0.462. The molecule has 0 aliphatic heterocycles. The summed E-state index contributed by atoms with van der Waals surface area (Å²) in [7, 11) is 1.54. The van der Waals surface area contributed by atoms with Crippen LogP contribution in [0.1, 0.15) is 25.5 Å². The van der Waals surface area contributed by atoms with Gasteiger partial charge in [0.15, 0.2) is 0 Å². The average Bonchev–Trinajstić information content (AvgIpc) is 2.35. The summed E-state index contributed by atoms with van der Waals surface area (Å²) in [5.74, 6) is -0.602. The number of likely N-dealkylation sites (N-methyl/N-ethyl adjacent to an activating group) is 2. The van der Waals surface area contributed by atoms with Crippen LogP contribution in [-0.2, 0) is 4.79 Å². The second-order valence-corrected chi connectivity index (χ2v) is 4.07. The molecule has 18 heavy (non-hydrogen) atoms. The summed E-state index contributed by atoms with van der Waals surface area (Å²) in [5, 5.41) is 11.9. The molecule has 0 unspecified atom stereocenters. The molecule has 1 aromatic carbocycles. The Morgan fingerprint density at radius 3 is 2.67 bits per heavy atom. The largest absolute Gasteiger partial charge is 0.389 e. The number of nitrogens with zero attached hydrogens (tertiary/aromatic N) is 1. The number of aliphatic hydroxyl groups is 1. The van der Waals surface area contributed by atoms with Crippen LogP contribution in [-0.4, -0.2) is 31.2 Å². The third-order valence-electron chi connectivity index (χ3n) is 2.79. The van der Waals surface area contributed by atoms with E-state index in [-0.39, 0.29) is 12.5 Å². The van der Waals surface area contributed by atoms with Crippen LogP contribution in [0.5, 0.6) is 0 Å². The Balaban J connectivity index is 2.96. The van der Waals surface area contributed by atoms with Crippen molar-refractivity contribution in [3.8, 4) is 0 Å². The molecule has 0 spiro atoms. The maximum atomic E-state index is 13.9. The molecule has 0 aliphatic carbocycles. The highest BCUT2D eigenvalue weighted by atomic mass is 19.1. The molecule has 1 amide bonds. The molecule has 0 fully saturated rings. The first kappa shape index (κ1) is 14.4. The summed E-state index contributed by atoms with van der Waals surface area (Å²) in [4.78, 5) is 13.0. The Morgan fingerprint density at radius 1 is 1.56 bits per heavy atom. The second kappa shape index (κ2) is 6.35. The number of halogens is 1. The Bertz CT molecular complexity index is 421. The summed E-state index contributed by atoms with van der Waals surface area (Å²) in [6.45, 7) is 4.07. The first-order valence-corrected chi connectivity index (χ1v) is 5.92. The summed E-state index contributed by atoms with van der Waals surface area (Å²) in [6.07, 6.45) is -0.706. The number of hydrogen-bond acceptors (Lipinski definition) is 3. The zero-order valence-corrected chi connectivity index (χ0v) is 10.9. The van der Waals surface area contributed by atoms with Gasteiger partial charge in [-0.1, -0.05) is 6.07 Å². The first-order valence-electron chi connectivity index (χ1n) is 5.92. The van der Waals surface area contributed by atoms with E-state index in [0.717, 1.165) is 0 Å². The van der Waals surface area contributed by atoms with Gasteiger partial charge in [0.1, 0.15) is 5.82 Å². The monoisotopic (exact) mass is 254 g/mol. The van der Waals surface area contributed by atoms with Gasteiger partial charge in [-0.05, 0) is 31.5 Å². The van der Waals surface area contributed by atoms with E-state index in [2.05, 4.69) is 5.32 Å². The molecular weight excluding hydrogens is 235 g/mol. The number of rotatable bonds is 5. The van der Waals surface area contributed by atoms with Gasteiger partial charge in [0.05, 0.1) is 18.3 Å². The molecule has 1 rings (SSSR count). The van der Waals surface area contributed by atoms with Gasteiger partial charge >= 0.3 is 0 Å². The Kier molecular flexibility index (Phi) is 5.09. The van der Waals surface area contributed by atoms with Crippen molar-refractivity contribution in [2.75, 3.05) is 25.0 Å². The van der Waals surface area contributed by atoms with Crippen LogP contribution >= 0.6 is 0 Å². The molecular formula is C13H19FN2O2. The minimum absolute atomic E-state index is 0.109. The predicted molar refractivity (Wildman–Crippen MR) is 69.0 cm³/mol. The molecule has 0 saturated carbocycles. The van der Waals surface area contributed by atoms with Crippen molar-refractivity contribution < 1.29 is 14.3 Å². The molecule has 4 nitrogen and oxygen atoms in total. The average molecular weight is 254 g/mol. The first-order chi connectivity index (χ1) is 8.49. The van der Waals surface area contributed by atoms with Crippen LogP contribution in [0.3, 0.4) is 0 Å². The van der Waals surface area contributed by atoms with E-state index in [0.29, 0.717) is 17.8 Å². The standard InChI is InChI=1S/C13H19FN2O2/c1-4-16(8-13(18)15-3)12-6-5-10(9(2)17)7-11(12)14/h5-7,9,17H,4,8H2,1-3H3,(H,15,18)/t9-/m1/s1. The lowest BCUT2D eigenvalue weighted by Crippen LogP contribution is -2.36. The van der Waals surface area contributed by atoms with Crippen molar-refractivity contribution in [2.24, 2.45) is 0 Å². The van der Waals surface area contributed by atoms with Crippen molar-refractivity contribution >= 4 is 11.6 Å². The van der Waals surface area contributed by atoms with Crippen LogP contribution in [0, 0.1) is 5.82 Å². The highest BCUT2D eigenvalue weighted by Crippen LogP contribution is 2.23. The van der Waals surface area contributed by atoms with Crippen molar-refractivity contribution in [1.82, 2.24) is 5.32 Å². The molecule has 100 valence electrons. The van der Waals surface area contributed by atoms with Gasteiger partial charge in [0.25, 0.3) is 0 Å². The number of aliphatic hydroxyl groups excluding tert-OH is 1. The molecule has 0 saturated heterocycles. The minimum Gasteiger partial charge on any atom is -0.389 e. The molecule has 2 N–H and O–H groups in total. The van der Waals surface area contributed by atoms with Crippen molar-refractivity contribution in [3.63, 3.8) is 0 Å². The van der Waals surface area contributed by atoms with Gasteiger partial charge in [0.2, 0.25) is 5.91 Å². The third-order valence-corrected chi connectivity index (χ3v) is 2.79. The minimum atomic E-state index is -0.706. The van der Waals surface area contributed by atoms with Gasteiger partial charge in [-0.15, -0.1) is 0 Å². The van der Waals surface area contributed by atoms with E-state index in [1.165, 1.54) is 6.07 Å². The smallest absolute Gasteiger partial charge is 0.239 e. The van der Waals surface area contributed by atoms with Crippen molar-refractivity contribution in [2.45, 2.75) is 20.0 Å². The lowest BCUT2D eigenvalue weighted by Gasteiger charge is -2.23. The maximum absolute atomic E-state index is 13.9. The van der Waals surface area contributed by atoms with Crippen LogP contribution in [0.15, 0.2) is 18.2 Å². The zero-order valence-electron chi connectivity index (χ0n) is 10.9. The van der Waals surface area contributed by atoms with E-state index >= 15 is 0 Å². The summed E-state index contributed by atoms with van der Waals surface area (Å²) in [5.41, 5.74) is 0.887. The lowest BCUT2D eigenvalue weighted by atomic mass is 10.1. The number of hydrogen-bond donors (Lipinski definition) is 2. The molecule has 0 bridgehead atoms. The van der Waals surface area contributed by atoms with Crippen molar-refractivity contribution in [1.29, 1.82) is 0 Å². The summed E-state index contributed by atoms with van der Waals surface area (Å²) < 4.78 is 13.9. The highest BCUT2D eigenvalue weighted by Gasteiger charge is 2.14. The molecule has 5 heteroatoms. The SMILES string of the molecule is CCN(CC(=O)NC)c1ccc([C@@H](C)O)cc1F. The highest BCUT2D eigenvalue weighted by molar-refractivity contribution is 5.81. The molecule has 0 aliphatic rings. The Morgan fingerprint density at radius 2 is 2.22 bits per heavy atom. The normalized spacial score (nSPS) is 12.1. The second-order valence-electron chi connectivity index (χ2n) is 4.07. The Labute approximate surface area is 106 Å². The molecule has 1 aromatic rings. The van der Waals surface area contributed by atoms with Gasteiger partial charge in [-0.2, -0.15) is 0 Å². The number of benzene rings is 1. The molecule has 0 aromatic heterocycles. The van der Waals surface area contributed by atoms with Gasteiger partial charge < -0.3 is 15.3 Å². The fourth-order valence-corrected chi connectivity index (χ4v) is 1.66. The van der Waals surface area contributed by atoms with Crippen LogP contribution in [0.25, 0.3) is 0 Å². The van der Waals surface area contributed by atoms with Crippen molar-refractivity contribution in [3.05, 3.63) is 29.6 Å². The van der Waals surface area contributed by atoms with E-state index < -0.39 is 11.9 Å². The number of anilines is 1. The Hall–Kier alpha value is -1.62. The number of carbonyl (C=O) groups excluding carboxylic acids is 1. The topological polar surface area (TPSA) is 52.6 Å². The van der Waals surface area contributed by atoms with Gasteiger partial charge in [-0.3, -0.25) is 4.79 Å². The van der Waals surface area contributed by atoms with Crippen LogP contribution in [0.2, 0.25) is 0 Å². The van der Waals surface area contributed by atoms with Crippen LogP contribution < -0.4 is 10.2 Å². The summed E-state index contributed by atoms with van der Waals surface area (Å²) >= 11 is 0. The van der Waals surface area contributed by atoms with E-state index in [1.807, 2.05) is 6.92 Å². The number of nitrogens with one attached hydrogen (secondary N) is 1. The zero-order chi connectivity index (χ0) is 13.7. The van der Waals surface area contributed by atoms with Gasteiger partial charge in [0, 0.05) is 13.6 Å².